The number of nitrogens with one attached hydrogen (secondary N) is 2. The predicted octanol–water partition coefficient (Wildman–Crippen LogP) is 2.79. The molecule has 0 aliphatic heterocycles. The Morgan fingerprint density at radius 1 is 1.10 bits per heavy atom. The molecule has 4 heteroatoms. The maximum Gasteiger partial charge on any atom is 0.234 e. The molecule has 110 valence electrons. The lowest BCUT2D eigenvalue weighted by atomic mass is 10.1. The third-order valence-electron chi connectivity index (χ3n) is 3.27. The number of carbonyl (C=O) groups excluding carboxylic acids is 1. The highest BCUT2D eigenvalue weighted by Gasteiger charge is 2.07. The van der Waals surface area contributed by atoms with Crippen LogP contribution in [0.2, 0.25) is 0 Å². The molecule has 2 N–H and O–H groups in total. The second kappa shape index (κ2) is 7.55. The number of amides is 1. The summed E-state index contributed by atoms with van der Waals surface area (Å²) in [6.07, 6.45) is 0. The van der Waals surface area contributed by atoms with Crippen LogP contribution in [-0.4, -0.2) is 12.5 Å². The molecule has 0 heterocycles. The number of benzene rings is 2. The average molecular weight is 286 g/mol. The molecule has 1 atom stereocenters. The molecular formula is C17H19FN2O. The molecule has 0 radical (unpaired) electrons. The van der Waals surface area contributed by atoms with Gasteiger partial charge >= 0.3 is 0 Å². The fourth-order valence-corrected chi connectivity index (χ4v) is 1.97. The number of carbonyl (C=O) groups is 1. The first-order chi connectivity index (χ1) is 10.1. The molecule has 0 bridgehead atoms. The Bertz CT molecular complexity index is 569. The lowest BCUT2D eigenvalue weighted by Crippen LogP contribution is -2.34. The lowest BCUT2D eigenvalue weighted by molar-refractivity contribution is -0.120. The van der Waals surface area contributed by atoms with E-state index >= 15 is 0 Å². The van der Waals surface area contributed by atoms with E-state index in [1.54, 1.807) is 12.1 Å². The number of rotatable bonds is 6. The molecule has 21 heavy (non-hydrogen) atoms. The first kappa shape index (κ1) is 15.2. The first-order valence-electron chi connectivity index (χ1n) is 6.94. The maximum atomic E-state index is 12.8. The fraction of sp³-hybridized carbons (Fsp3) is 0.235. The highest BCUT2D eigenvalue weighted by molar-refractivity contribution is 5.78. The third-order valence-corrected chi connectivity index (χ3v) is 3.27. The van der Waals surface area contributed by atoms with Crippen molar-refractivity contribution < 1.29 is 9.18 Å². The monoisotopic (exact) mass is 286 g/mol. The van der Waals surface area contributed by atoms with Crippen molar-refractivity contribution >= 4 is 5.91 Å². The van der Waals surface area contributed by atoms with Gasteiger partial charge in [-0.3, -0.25) is 4.79 Å². The molecule has 2 aromatic carbocycles. The van der Waals surface area contributed by atoms with Crippen molar-refractivity contribution in [1.82, 2.24) is 10.6 Å². The maximum absolute atomic E-state index is 12.8. The van der Waals surface area contributed by atoms with Gasteiger partial charge in [0.25, 0.3) is 0 Å². The van der Waals surface area contributed by atoms with Crippen molar-refractivity contribution in [2.45, 2.75) is 19.5 Å². The second-order valence-corrected chi connectivity index (χ2v) is 4.92. The Morgan fingerprint density at radius 2 is 1.76 bits per heavy atom. The van der Waals surface area contributed by atoms with Gasteiger partial charge in [0, 0.05) is 12.6 Å². The van der Waals surface area contributed by atoms with Crippen molar-refractivity contribution in [3.05, 3.63) is 71.5 Å². The molecule has 1 amide bonds. The summed E-state index contributed by atoms with van der Waals surface area (Å²) in [5, 5.41) is 5.97. The van der Waals surface area contributed by atoms with E-state index in [-0.39, 0.29) is 24.3 Å². The molecule has 0 aliphatic carbocycles. The Kier molecular flexibility index (Phi) is 5.46. The molecule has 2 rings (SSSR count). The molecule has 3 nitrogen and oxygen atoms in total. The molecular weight excluding hydrogens is 267 g/mol. The van der Waals surface area contributed by atoms with Gasteiger partial charge in [0.1, 0.15) is 5.82 Å². The van der Waals surface area contributed by atoms with Gasteiger partial charge in [-0.2, -0.15) is 0 Å². The Labute approximate surface area is 124 Å². The minimum atomic E-state index is -0.275. The van der Waals surface area contributed by atoms with Gasteiger partial charge in [-0.1, -0.05) is 42.5 Å². The van der Waals surface area contributed by atoms with Gasteiger partial charge < -0.3 is 10.6 Å². The molecule has 0 fully saturated rings. The van der Waals surface area contributed by atoms with E-state index in [1.807, 2.05) is 37.3 Å². The highest BCUT2D eigenvalue weighted by Crippen LogP contribution is 2.10. The fourth-order valence-electron chi connectivity index (χ4n) is 1.97. The van der Waals surface area contributed by atoms with Gasteiger partial charge in [-0.05, 0) is 30.2 Å². The third kappa shape index (κ3) is 5.00. The molecule has 0 unspecified atom stereocenters. The van der Waals surface area contributed by atoms with Crippen LogP contribution in [0.25, 0.3) is 0 Å². The van der Waals surface area contributed by atoms with Crippen LogP contribution < -0.4 is 10.6 Å². The van der Waals surface area contributed by atoms with Crippen molar-refractivity contribution in [1.29, 1.82) is 0 Å². The van der Waals surface area contributed by atoms with Crippen LogP contribution in [-0.2, 0) is 11.3 Å². The minimum Gasteiger partial charge on any atom is -0.351 e. The molecule has 0 aromatic heterocycles. The minimum absolute atomic E-state index is 0.0814. The van der Waals surface area contributed by atoms with Crippen LogP contribution in [0.1, 0.15) is 24.1 Å². The first-order valence-corrected chi connectivity index (χ1v) is 6.94. The summed E-state index contributed by atoms with van der Waals surface area (Å²) in [6.45, 7) is 2.67. The number of halogens is 1. The van der Waals surface area contributed by atoms with E-state index < -0.39 is 0 Å². The SMILES string of the molecule is C[C@@H](NCC(=O)NCc1ccc(F)cc1)c1ccccc1. The van der Waals surface area contributed by atoms with Crippen LogP contribution in [0.15, 0.2) is 54.6 Å². The van der Waals surface area contributed by atoms with E-state index in [0.717, 1.165) is 11.1 Å². The molecule has 2 aromatic rings. The molecule has 0 saturated heterocycles. The van der Waals surface area contributed by atoms with Gasteiger partial charge in [0.2, 0.25) is 5.91 Å². The van der Waals surface area contributed by atoms with Crippen molar-refractivity contribution in [2.75, 3.05) is 6.54 Å². The summed E-state index contributed by atoms with van der Waals surface area (Å²) in [5.41, 5.74) is 2.02. The Hall–Kier alpha value is -2.20. The molecule has 0 spiro atoms. The van der Waals surface area contributed by atoms with Crippen molar-refractivity contribution in [3.8, 4) is 0 Å². The highest BCUT2D eigenvalue weighted by atomic mass is 19.1. The van der Waals surface area contributed by atoms with Crippen molar-refractivity contribution in [2.24, 2.45) is 0 Å². The van der Waals surface area contributed by atoms with E-state index in [1.165, 1.54) is 12.1 Å². The topological polar surface area (TPSA) is 41.1 Å². The van der Waals surface area contributed by atoms with Gasteiger partial charge in [0.05, 0.1) is 6.54 Å². The smallest absolute Gasteiger partial charge is 0.234 e. The standard InChI is InChI=1S/C17H19FN2O/c1-13(15-5-3-2-4-6-15)19-12-17(21)20-11-14-7-9-16(18)10-8-14/h2-10,13,19H,11-12H2,1H3,(H,20,21)/t13-/m1/s1. The average Bonchev–Trinajstić information content (AvgIpc) is 2.53. The van der Waals surface area contributed by atoms with Crippen molar-refractivity contribution in [3.63, 3.8) is 0 Å². The van der Waals surface area contributed by atoms with E-state index in [2.05, 4.69) is 10.6 Å². The largest absolute Gasteiger partial charge is 0.351 e. The summed E-state index contributed by atoms with van der Waals surface area (Å²) in [5.74, 6) is -0.356. The summed E-state index contributed by atoms with van der Waals surface area (Å²) in [6, 6.07) is 16.2. The van der Waals surface area contributed by atoms with Crippen LogP contribution >= 0.6 is 0 Å². The van der Waals surface area contributed by atoms with E-state index in [9.17, 15) is 9.18 Å². The zero-order valence-electron chi connectivity index (χ0n) is 12.0. The van der Waals surface area contributed by atoms with E-state index in [0.29, 0.717) is 6.54 Å². The van der Waals surface area contributed by atoms with Crippen LogP contribution in [0, 0.1) is 5.82 Å². The van der Waals surface area contributed by atoms with Gasteiger partial charge in [-0.15, -0.1) is 0 Å². The number of hydrogen-bond acceptors (Lipinski definition) is 2. The quantitative estimate of drug-likeness (QED) is 0.857. The summed E-state index contributed by atoms with van der Waals surface area (Å²) >= 11 is 0. The van der Waals surface area contributed by atoms with E-state index in [4.69, 9.17) is 0 Å². The van der Waals surface area contributed by atoms with Crippen LogP contribution in [0.3, 0.4) is 0 Å². The molecule has 0 aliphatic rings. The lowest BCUT2D eigenvalue weighted by Gasteiger charge is -2.14. The Balaban J connectivity index is 1.73. The van der Waals surface area contributed by atoms with Crippen LogP contribution in [0.5, 0.6) is 0 Å². The number of hydrogen-bond donors (Lipinski definition) is 2. The summed E-state index contributed by atoms with van der Waals surface area (Å²) < 4.78 is 12.8. The zero-order chi connectivity index (χ0) is 15.1. The summed E-state index contributed by atoms with van der Waals surface area (Å²) in [7, 11) is 0. The zero-order valence-corrected chi connectivity index (χ0v) is 12.0. The second-order valence-electron chi connectivity index (χ2n) is 4.92. The predicted molar refractivity (Wildman–Crippen MR) is 81.1 cm³/mol. The normalized spacial score (nSPS) is 11.9. The van der Waals surface area contributed by atoms with Crippen LogP contribution in [0.4, 0.5) is 4.39 Å². The summed E-state index contributed by atoms with van der Waals surface area (Å²) in [4.78, 5) is 11.8. The Morgan fingerprint density at radius 3 is 2.43 bits per heavy atom. The molecule has 0 saturated carbocycles. The van der Waals surface area contributed by atoms with Gasteiger partial charge in [0.15, 0.2) is 0 Å². The van der Waals surface area contributed by atoms with Gasteiger partial charge in [-0.25, -0.2) is 4.39 Å².